The second kappa shape index (κ2) is 12.7. The summed E-state index contributed by atoms with van der Waals surface area (Å²) in [6.45, 7) is 6.14. The van der Waals surface area contributed by atoms with Gasteiger partial charge in [-0.2, -0.15) is 0 Å². The van der Waals surface area contributed by atoms with E-state index in [1.807, 2.05) is 37.3 Å². The van der Waals surface area contributed by atoms with Crippen molar-refractivity contribution in [3.63, 3.8) is 0 Å². The summed E-state index contributed by atoms with van der Waals surface area (Å²) >= 11 is 0. The maximum Gasteiger partial charge on any atom is 0.191 e. The summed E-state index contributed by atoms with van der Waals surface area (Å²) in [5.41, 5.74) is 1.10. The van der Waals surface area contributed by atoms with Crippen molar-refractivity contribution in [2.24, 2.45) is 4.99 Å². The molecule has 2 aromatic rings. The summed E-state index contributed by atoms with van der Waals surface area (Å²) in [4.78, 5) is 6.83. The van der Waals surface area contributed by atoms with E-state index in [-0.39, 0.29) is 30.0 Å². The van der Waals surface area contributed by atoms with Gasteiger partial charge in [-0.1, -0.05) is 6.07 Å². The molecule has 1 aliphatic heterocycles. The lowest BCUT2D eigenvalue weighted by Crippen LogP contribution is -2.42. The van der Waals surface area contributed by atoms with Crippen LogP contribution in [0.1, 0.15) is 37.1 Å². The first-order valence-electron chi connectivity index (χ1n) is 10.3. The lowest BCUT2D eigenvalue weighted by Gasteiger charge is -2.26. The number of hydrogen-bond acceptors (Lipinski definition) is 5. The van der Waals surface area contributed by atoms with Crippen LogP contribution in [-0.2, 0) is 6.54 Å². The highest BCUT2D eigenvalue weighted by molar-refractivity contribution is 14.0. The van der Waals surface area contributed by atoms with Crippen molar-refractivity contribution in [2.45, 2.75) is 32.4 Å². The third kappa shape index (κ3) is 6.53. The van der Waals surface area contributed by atoms with Crippen LogP contribution in [0.3, 0.4) is 0 Å². The van der Waals surface area contributed by atoms with Crippen LogP contribution in [0.2, 0.25) is 0 Å². The van der Waals surface area contributed by atoms with E-state index in [0.717, 1.165) is 48.4 Å². The number of hydrogen-bond donors (Lipinski definition) is 2. The minimum absolute atomic E-state index is 0. The van der Waals surface area contributed by atoms with Gasteiger partial charge in [-0.15, -0.1) is 24.0 Å². The van der Waals surface area contributed by atoms with E-state index < -0.39 is 0 Å². The van der Waals surface area contributed by atoms with E-state index in [0.29, 0.717) is 13.2 Å². The molecule has 1 saturated heterocycles. The van der Waals surface area contributed by atoms with E-state index in [9.17, 15) is 0 Å². The van der Waals surface area contributed by atoms with E-state index in [4.69, 9.17) is 13.9 Å². The molecule has 30 heavy (non-hydrogen) atoms. The van der Waals surface area contributed by atoms with E-state index in [1.54, 1.807) is 20.4 Å². The van der Waals surface area contributed by atoms with Crippen LogP contribution in [0.15, 0.2) is 46.0 Å². The van der Waals surface area contributed by atoms with Crippen molar-refractivity contribution in [1.29, 1.82) is 0 Å². The minimum Gasteiger partial charge on any atom is -0.493 e. The van der Waals surface area contributed by atoms with Crippen molar-refractivity contribution in [2.75, 3.05) is 40.4 Å². The number of nitrogens with zero attached hydrogens (tertiary/aromatic N) is 2. The van der Waals surface area contributed by atoms with Gasteiger partial charge in [0, 0.05) is 20.1 Å². The van der Waals surface area contributed by atoms with Gasteiger partial charge >= 0.3 is 0 Å². The number of furan rings is 1. The third-order valence-corrected chi connectivity index (χ3v) is 5.13. The number of ether oxygens (including phenoxy) is 2. The molecular weight excluding hydrogens is 495 g/mol. The highest BCUT2D eigenvalue weighted by Gasteiger charge is 2.25. The van der Waals surface area contributed by atoms with Gasteiger partial charge in [0.25, 0.3) is 0 Å². The molecule has 1 aromatic carbocycles. The Morgan fingerprint density at radius 2 is 2.00 bits per heavy atom. The smallest absolute Gasteiger partial charge is 0.191 e. The molecule has 1 unspecified atom stereocenters. The van der Waals surface area contributed by atoms with Crippen molar-refractivity contribution in [3.05, 3.63) is 47.9 Å². The quantitative estimate of drug-likeness (QED) is 0.293. The summed E-state index contributed by atoms with van der Waals surface area (Å²) in [6, 6.07) is 10.2. The van der Waals surface area contributed by atoms with Crippen LogP contribution < -0.4 is 20.1 Å². The fourth-order valence-electron chi connectivity index (χ4n) is 3.64. The first-order chi connectivity index (χ1) is 14.2. The Morgan fingerprint density at radius 1 is 1.20 bits per heavy atom. The summed E-state index contributed by atoms with van der Waals surface area (Å²) < 4.78 is 16.7. The van der Waals surface area contributed by atoms with Gasteiger partial charge in [0.2, 0.25) is 0 Å². The van der Waals surface area contributed by atoms with E-state index in [2.05, 4.69) is 20.5 Å². The van der Waals surface area contributed by atoms with Crippen LogP contribution in [0.5, 0.6) is 11.5 Å². The molecule has 0 saturated carbocycles. The second-order valence-electron chi connectivity index (χ2n) is 7.00. The van der Waals surface area contributed by atoms with Crippen molar-refractivity contribution in [3.8, 4) is 11.5 Å². The average molecular weight is 528 g/mol. The molecule has 0 spiro atoms. The lowest BCUT2D eigenvalue weighted by atomic mass is 10.2. The molecule has 2 heterocycles. The zero-order valence-electron chi connectivity index (χ0n) is 18.0. The van der Waals surface area contributed by atoms with Crippen molar-refractivity contribution < 1.29 is 13.9 Å². The number of guanidine groups is 1. The average Bonchev–Trinajstić information content (AvgIpc) is 3.46. The largest absolute Gasteiger partial charge is 0.493 e. The molecule has 8 heteroatoms. The van der Waals surface area contributed by atoms with Crippen molar-refractivity contribution >= 4 is 29.9 Å². The van der Waals surface area contributed by atoms with Crippen LogP contribution in [0, 0.1) is 0 Å². The van der Waals surface area contributed by atoms with Gasteiger partial charge in [0.1, 0.15) is 5.76 Å². The Bertz CT molecular complexity index is 777. The SMILES string of the molecule is CCOc1cc(CNC(=NC)NCC(c2ccco2)N2CCCC2)ccc1OC.I. The number of benzene rings is 1. The number of aliphatic imine (C=N–C) groups is 1. The Kier molecular flexibility index (Phi) is 10.3. The normalized spacial score (nSPS) is 15.4. The molecule has 0 amide bonds. The molecule has 2 N–H and O–H groups in total. The molecule has 1 aromatic heterocycles. The maximum atomic E-state index is 5.69. The predicted molar refractivity (Wildman–Crippen MR) is 130 cm³/mol. The molecule has 3 rings (SSSR count). The van der Waals surface area contributed by atoms with Crippen molar-refractivity contribution in [1.82, 2.24) is 15.5 Å². The first-order valence-corrected chi connectivity index (χ1v) is 10.3. The number of likely N-dealkylation sites (tertiary alicyclic amines) is 1. The monoisotopic (exact) mass is 528 g/mol. The molecule has 7 nitrogen and oxygen atoms in total. The van der Waals surface area contributed by atoms with Gasteiger partial charge < -0.3 is 24.5 Å². The summed E-state index contributed by atoms with van der Waals surface area (Å²) in [6.07, 6.45) is 4.22. The molecule has 0 aliphatic carbocycles. The molecule has 1 fully saturated rings. The lowest BCUT2D eigenvalue weighted by molar-refractivity contribution is 0.215. The molecular formula is C22H33IN4O3. The molecule has 1 aliphatic rings. The van der Waals surface area contributed by atoms with Gasteiger partial charge in [0.15, 0.2) is 17.5 Å². The van der Waals surface area contributed by atoms with E-state index in [1.165, 1.54) is 12.8 Å². The zero-order valence-corrected chi connectivity index (χ0v) is 20.3. The van der Waals surface area contributed by atoms with E-state index >= 15 is 0 Å². The summed E-state index contributed by atoms with van der Waals surface area (Å²) in [5, 5.41) is 6.83. The van der Waals surface area contributed by atoms with Gasteiger partial charge in [-0.05, 0) is 62.7 Å². The minimum atomic E-state index is 0. The zero-order chi connectivity index (χ0) is 20.5. The standard InChI is InChI=1S/C22H32N4O3.HI/c1-4-28-21-14-17(9-10-20(21)27-3)15-24-22(23-2)25-16-18(19-8-7-13-29-19)26-11-5-6-12-26;/h7-10,13-14,18H,4-6,11-12,15-16H2,1-3H3,(H2,23,24,25);1H. The molecule has 166 valence electrons. The highest BCUT2D eigenvalue weighted by Crippen LogP contribution is 2.28. The highest BCUT2D eigenvalue weighted by atomic mass is 127. The Balaban J connectivity index is 0.00000320. The number of nitrogens with one attached hydrogen (secondary N) is 2. The first kappa shape index (κ1) is 24.3. The Labute approximate surface area is 196 Å². The fraction of sp³-hybridized carbons (Fsp3) is 0.500. The van der Waals surface area contributed by atoms with Gasteiger partial charge in [0.05, 0.1) is 26.0 Å². The number of halogens is 1. The second-order valence-corrected chi connectivity index (χ2v) is 7.00. The summed E-state index contributed by atoms with van der Waals surface area (Å²) in [5.74, 6) is 3.25. The Hall–Kier alpha value is -1.94. The fourth-order valence-corrected chi connectivity index (χ4v) is 3.64. The van der Waals surface area contributed by atoms with Crippen LogP contribution in [-0.4, -0.2) is 51.3 Å². The van der Waals surface area contributed by atoms with Crippen LogP contribution in [0.25, 0.3) is 0 Å². The summed E-state index contributed by atoms with van der Waals surface area (Å²) in [7, 11) is 3.43. The molecule has 0 radical (unpaired) electrons. The number of rotatable bonds is 9. The van der Waals surface area contributed by atoms with Gasteiger partial charge in [-0.25, -0.2) is 0 Å². The molecule has 1 atom stereocenters. The topological polar surface area (TPSA) is 71.3 Å². The maximum absolute atomic E-state index is 5.69. The third-order valence-electron chi connectivity index (χ3n) is 5.13. The van der Waals surface area contributed by atoms with Gasteiger partial charge in [-0.3, -0.25) is 9.89 Å². The van der Waals surface area contributed by atoms with Crippen LogP contribution in [0.4, 0.5) is 0 Å². The Morgan fingerprint density at radius 3 is 2.63 bits per heavy atom. The van der Waals surface area contributed by atoms with Crippen LogP contribution >= 0.6 is 24.0 Å². The predicted octanol–water partition coefficient (Wildman–Crippen LogP) is 3.81. The number of methoxy groups -OCH3 is 1. The molecule has 0 bridgehead atoms.